The first-order valence-corrected chi connectivity index (χ1v) is 5.86. The third-order valence-electron chi connectivity index (χ3n) is 2.74. The average Bonchev–Trinajstić information content (AvgIpc) is 2.39. The molecule has 0 saturated heterocycles. The molecule has 100 valence electrons. The van der Waals surface area contributed by atoms with Crippen LogP contribution < -0.4 is 11.1 Å². The molecule has 2 atom stereocenters. The van der Waals surface area contributed by atoms with Gasteiger partial charge >= 0.3 is 0 Å². The molecule has 1 aromatic carbocycles. The molecule has 0 radical (unpaired) electrons. The number of rotatable bonds is 6. The van der Waals surface area contributed by atoms with Gasteiger partial charge in [-0.2, -0.15) is 0 Å². The number of aliphatic hydroxyl groups excluding tert-OH is 1. The second-order valence-electron chi connectivity index (χ2n) is 4.57. The van der Waals surface area contributed by atoms with Crippen LogP contribution in [0.4, 0.5) is 0 Å². The second kappa shape index (κ2) is 6.49. The van der Waals surface area contributed by atoms with Gasteiger partial charge in [0.2, 0.25) is 5.91 Å². The molecular weight excluding hydrogens is 232 g/mol. The van der Waals surface area contributed by atoms with Gasteiger partial charge in [0.05, 0.1) is 12.5 Å². The molecule has 5 N–H and O–H groups in total. The van der Waals surface area contributed by atoms with Crippen molar-refractivity contribution in [3.05, 3.63) is 35.9 Å². The third kappa shape index (κ3) is 4.10. The van der Waals surface area contributed by atoms with Crippen molar-refractivity contribution in [3.63, 3.8) is 0 Å². The molecule has 0 heterocycles. The van der Waals surface area contributed by atoms with Crippen LogP contribution in [0.1, 0.15) is 18.4 Å². The Bertz CT molecular complexity index is 379. The fraction of sp³-hybridized carbons (Fsp3) is 0.462. The number of amides is 1. The topological polar surface area (TPSA) is 95.6 Å². The lowest BCUT2D eigenvalue weighted by Gasteiger charge is -2.22. The van der Waals surface area contributed by atoms with Crippen LogP contribution in [0.3, 0.4) is 0 Å². The molecule has 18 heavy (non-hydrogen) atoms. The summed E-state index contributed by atoms with van der Waals surface area (Å²) in [5, 5.41) is 21.1. The van der Waals surface area contributed by atoms with E-state index in [1.54, 1.807) is 0 Å². The molecule has 0 spiro atoms. The largest absolute Gasteiger partial charge is 0.393 e. The van der Waals surface area contributed by atoms with Crippen molar-refractivity contribution in [3.8, 4) is 0 Å². The number of nitrogens with one attached hydrogen (secondary N) is 1. The van der Waals surface area contributed by atoms with Crippen LogP contribution in [-0.2, 0) is 4.79 Å². The normalized spacial score (nSPS) is 15.8. The minimum atomic E-state index is -1.31. The maximum absolute atomic E-state index is 12.0. The lowest BCUT2D eigenvalue weighted by atomic mass is 9.98. The molecule has 0 aliphatic rings. The Morgan fingerprint density at radius 2 is 2.06 bits per heavy atom. The van der Waals surface area contributed by atoms with Crippen molar-refractivity contribution in [2.45, 2.75) is 18.4 Å². The van der Waals surface area contributed by atoms with Gasteiger partial charge in [-0.15, -0.1) is 0 Å². The summed E-state index contributed by atoms with van der Waals surface area (Å²) in [6.07, 6.45) is 0. The fourth-order valence-electron chi connectivity index (χ4n) is 1.54. The molecule has 0 aliphatic carbocycles. The summed E-state index contributed by atoms with van der Waals surface area (Å²) < 4.78 is 0. The molecule has 5 heteroatoms. The number of carbonyl (C=O) groups is 1. The van der Waals surface area contributed by atoms with E-state index in [4.69, 9.17) is 10.8 Å². The summed E-state index contributed by atoms with van der Waals surface area (Å²) >= 11 is 0. The number of hydrogen-bond acceptors (Lipinski definition) is 4. The Morgan fingerprint density at radius 3 is 2.56 bits per heavy atom. The number of nitrogens with two attached hydrogens (primary N) is 1. The Morgan fingerprint density at radius 1 is 1.44 bits per heavy atom. The average molecular weight is 252 g/mol. The van der Waals surface area contributed by atoms with E-state index >= 15 is 0 Å². The van der Waals surface area contributed by atoms with Gasteiger partial charge < -0.3 is 21.3 Å². The Hall–Kier alpha value is -1.43. The number of aliphatic hydroxyl groups is 2. The highest BCUT2D eigenvalue weighted by Gasteiger charge is 2.23. The van der Waals surface area contributed by atoms with Gasteiger partial charge in [0, 0.05) is 13.1 Å². The first-order chi connectivity index (χ1) is 8.50. The van der Waals surface area contributed by atoms with Crippen molar-refractivity contribution < 1.29 is 15.0 Å². The Labute approximate surface area is 107 Å². The summed E-state index contributed by atoms with van der Waals surface area (Å²) in [5.41, 5.74) is 5.13. The first-order valence-electron chi connectivity index (χ1n) is 5.86. The van der Waals surface area contributed by atoms with Crippen molar-refractivity contribution in [2.24, 2.45) is 5.73 Å². The van der Waals surface area contributed by atoms with Gasteiger partial charge in [-0.05, 0) is 12.5 Å². The maximum Gasteiger partial charge on any atom is 0.228 e. The summed E-state index contributed by atoms with van der Waals surface area (Å²) in [6, 6.07) is 9.22. The van der Waals surface area contributed by atoms with Crippen molar-refractivity contribution in [1.82, 2.24) is 5.32 Å². The number of hydrogen-bond donors (Lipinski definition) is 4. The minimum absolute atomic E-state index is 0.00827. The van der Waals surface area contributed by atoms with Gasteiger partial charge in [-0.1, -0.05) is 30.3 Å². The molecule has 0 aromatic heterocycles. The summed E-state index contributed by atoms with van der Waals surface area (Å²) in [4.78, 5) is 12.0. The third-order valence-corrected chi connectivity index (χ3v) is 2.74. The molecule has 5 nitrogen and oxygen atoms in total. The Balaban J connectivity index is 2.64. The van der Waals surface area contributed by atoms with E-state index in [9.17, 15) is 9.90 Å². The number of benzene rings is 1. The van der Waals surface area contributed by atoms with E-state index in [2.05, 4.69) is 5.32 Å². The SMILES string of the molecule is CC(O)(CO)CNC(=O)C(CN)c1ccccc1. The van der Waals surface area contributed by atoms with Crippen LogP contribution in [0.15, 0.2) is 30.3 Å². The van der Waals surface area contributed by atoms with Crippen LogP contribution in [0, 0.1) is 0 Å². The van der Waals surface area contributed by atoms with Crippen LogP contribution in [0.25, 0.3) is 0 Å². The predicted molar refractivity (Wildman–Crippen MR) is 69.0 cm³/mol. The van der Waals surface area contributed by atoms with Gasteiger partial charge in [0.15, 0.2) is 0 Å². The van der Waals surface area contributed by atoms with Gasteiger partial charge in [-0.25, -0.2) is 0 Å². The van der Waals surface area contributed by atoms with E-state index < -0.39 is 18.1 Å². The second-order valence-corrected chi connectivity index (χ2v) is 4.57. The molecule has 0 fully saturated rings. The zero-order chi connectivity index (χ0) is 13.6. The lowest BCUT2D eigenvalue weighted by Crippen LogP contribution is -2.45. The van der Waals surface area contributed by atoms with E-state index in [-0.39, 0.29) is 19.0 Å². The van der Waals surface area contributed by atoms with Crippen molar-refractivity contribution in [2.75, 3.05) is 19.7 Å². The van der Waals surface area contributed by atoms with E-state index in [0.29, 0.717) is 0 Å². The molecule has 0 saturated carbocycles. The molecule has 1 aromatic rings. The monoisotopic (exact) mass is 252 g/mol. The van der Waals surface area contributed by atoms with Crippen LogP contribution in [0.2, 0.25) is 0 Å². The van der Waals surface area contributed by atoms with Crippen molar-refractivity contribution in [1.29, 1.82) is 0 Å². The Kier molecular flexibility index (Phi) is 5.27. The zero-order valence-electron chi connectivity index (χ0n) is 10.5. The standard InChI is InChI=1S/C13H20N2O3/c1-13(18,9-16)8-15-12(17)11(7-14)10-5-3-2-4-6-10/h2-6,11,16,18H,7-9,14H2,1H3,(H,15,17). The molecule has 0 bridgehead atoms. The predicted octanol–water partition coefficient (Wildman–Crippen LogP) is -0.412. The molecule has 2 unspecified atom stereocenters. The van der Waals surface area contributed by atoms with Crippen LogP contribution >= 0.6 is 0 Å². The zero-order valence-corrected chi connectivity index (χ0v) is 10.5. The quantitative estimate of drug-likeness (QED) is 0.553. The smallest absolute Gasteiger partial charge is 0.228 e. The maximum atomic E-state index is 12.0. The van der Waals surface area contributed by atoms with Crippen molar-refractivity contribution >= 4 is 5.91 Å². The van der Waals surface area contributed by atoms with Gasteiger partial charge in [0.25, 0.3) is 0 Å². The number of carbonyl (C=O) groups excluding carboxylic acids is 1. The first kappa shape index (κ1) is 14.6. The summed E-state index contributed by atoms with van der Waals surface area (Å²) in [5.74, 6) is -0.696. The van der Waals surface area contributed by atoms with Crippen LogP contribution in [0.5, 0.6) is 0 Å². The fourth-order valence-corrected chi connectivity index (χ4v) is 1.54. The van der Waals surface area contributed by atoms with E-state index in [0.717, 1.165) is 5.56 Å². The van der Waals surface area contributed by atoms with Gasteiger partial charge in [-0.3, -0.25) is 4.79 Å². The molecular formula is C13H20N2O3. The molecule has 1 rings (SSSR count). The molecule has 0 aliphatic heterocycles. The molecule has 1 amide bonds. The summed E-state index contributed by atoms with van der Waals surface area (Å²) in [7, 11) is 0. The highest BCUT2D eigenvalue weighted by Crippen LogP contribution is 2.14. The highest BCUT2D eigenvalue weighted by molar-refractivity contribution is 5.83. The summed E-state index contributed by atoms with van der Waals surface area (Å²) in [6.45, 7) is 1.22. The highest BCUT2D eigenvalue weighted by atomic mass is 16.3. The lowest BCUT2D eigenvalue weighted by molar-refractivity contribution is -0.123. The van der Waals surface area contributed by atoms with Crippen LogP contribution in [-0.4, -0.2) is 41.4 Å². The van der Waals surface area contributed by atoms with Gasteiger partial charge in [0.1, 0.15) is 5.60 Å². The van der Waals surface area contributed by atoms with E-state index in [1.165, 1.54) is 6.92 Å². The van der Waals surface area contributed by atoms with E-state index in [1.807, 2.05) is 30.3 Å². The minimum Gasteiger partial charge on any atom is -0.393 e.